The van der Waals surface area contributed by atoms with Crippen LogP contribution in [0.25, 0.3) is 0 Å². The number of halogens is 1. The van der Waals surface area contributed by atoms with Gasteiger partial charge in [0.05, 0.1) is 0 Å². The van der Waals surface area contributed by atoms with Crippen molar-refractivity contribution in [2.75, 3.05) is 0 Å². The number of hydrogen-bond donors (Lipinski definition) is 0. The first-order valence-electron chi connectivity index (χ1n) is 15.3. The van der Waals surface area contributed by atoms with Crippen LogP contribution in [0, 0.1) is 0 Å². The average Bonchev–Trinajstić information content (AvgIpc) is 3.68. The number of benzene rings is 6. The van der Waals surface area contributed by atoms with Gasteiger partial charge in [0, 0.05) is 0 Å². The quantitative estimate of drug-likeness (QED) is 0.104. The fourth-order valence-corrected chi connectivity index (χ4v) is 71.9. The van der Waals surface area contributed by atoms with Crippen LogP contribution in [0.2, 0.25) is 4.51 Å². The van der Waals surface area contributed by atoms with Crippen LogP contribution in [0.4, 0.5) is 0 Å². The Bertz CT molecular complexity index is 1560. The van der Waals surface area contributed by atoms with Crippen LogP contribution in [0.5, 0.6) is 0 Å². The molecule has 0 nitrogen and oxygen atoms in total. The topological polar surface area (TPSA) is 0 Å². The standard InChI is InChI=1S/2C18H15P.C5H5.ClH.Ru/c2*1-4-10-16(11-5-1)19(17-12-6-2-7-13-17)18-14-8-3-9-15-18;1-2-4-5-3-1;;/h2*1-15H;1-5H;1H;/q;;;;-1/p+1. The summed E-state index contributed by atoms with van der Waals surface area (Å²) >= 11 is -3.79. The molecule has 0 N–H and O–H groups in total. The summed E-state index contributed by atoms with van der Waals surface area (Å²) in [4.78, 5) is 0. The van der Waals surface area contributed by atoms with Gasteiger partial charge in [-0.15, -0.1) is 0 Å². The summed E-state index contributed by atoms with van der Waals surface area (Å²) in [6.07, 6.45) is 9.35. The molecule has 0 fully saturated rings. The molecule has 6 aromatic carbocycles. The van der Waals surface area contributed by atoms with E-state index in [1.54, 1.807) is 0 Å². The van der Waals surface area contributed by atoms with Gasteiger partial charge in [0.1, 0.15) is 0 Å². The zero-order chi connectivity index (χ0) is 30.6. The molecule has 0 spiro atoms. The van der Waals surface area contributed by atoms with Gasteiger partial charge in [0.15, 0.2) is 0 Å². The predicted molar refractivity (Wildman–Crippen MR) is 201 cm³/mol. The van der Waals surface area contributed by atoms with Gasteiger partial charge in [-0.05, 0) is 0 Å². The number of allylic oxidation sites excluding steroid dienone is 4. The first-order valence-corrected chi connectivity index (χ1v) is 27.5. The van der Waals surface area contributed by atoms with Crippen molar-refractivity contribution >= 4 is 52.7 Å². The normalized spacial score (nSPS) is 16.1. The van der Waals surface area contributed by atoms with Gasteiger partial charge < -0.3 is 0 Å². The van der Waals surface area contributed by atoms with Crippen molar-refractivity contribution in [1.29, 1.82) is 0 Å². The van der Waals surface area contributed by atoms with Crippen molar-refractivity contribution in [3.63, 3.8) is 0 Å². The summed E-state index contributed by atoms with van der Waals surface area (Å²) in [5, 5.41) is 8.32. The molecule has 226 valence electrons. The van der Waals surface area contributed by atoms with Crippen LogP contribution in [0.1, 0.15) is 0 Å². The molecule has 0 atom stereocenters. The number of rotatable bonds is 9. The molecule has 0 saturated heterocycles. The molecule has 0 amide bonds. The molecule has 0 aromatic heterocycles. The van der Waals surface area contributed by atoms with Crippen LogP contribution >= 0.6 is 20.9 Å². The zero-order valence-electron chi connectivity index (χ0n) is 24.9. The zero-order valence-corrected chi connectivity index (χ0v) is 29.4. The molecule has 0 saturated carbocycles. The third-order valence-corrected chi connectivity index (χ3v) is 60.1. The third kappa shape index (κ3) is 4.85. The molecular weight excluding hydrogens is 691 g/mol. The van der Waals surface area contributed by atoms with E-state index in [0.29, 0.717) is 0 Å². The second kappa shape index (κ2) is 13.1. The van der Waals surface area contributed by atoms with Crippen molar-refractivity contribution in [1.82, 2.24) is 0 Å². The summed E-state index contributed by atoms with van der Waals surface area (Å²) in [5.41, 5.74) is -6.06. The molecule has 45 heavy (non-hydrogen) atoms. The Hall–Kier alpha value is -3.43. The van der Waals surface area contributed by atoms with Crippen LogP contribution in [0.15, 0.2) is 206 Å². The maximum atomic E-state index is 9.39. The van der Waals surface area contributed by atoms with Crippen LogP contribution < -0.4 is 31.8 Å². The van der Waals surface area contributed by atoms with Crippen molar-refractivity contribution in [3.05, 3.63) is 206 Å². The van der Waals surface area contributed by atoms with Gasteiger partial charge in [0.2, 0.25) is 0 Å². The Morgan fingerprint density at radius 3 is 0.733 bits per heavy atom. The summed E-state index contributed by atoms with van der Waals surface area (Å²) in [7, 11) is 9.39. The molecule has 4 heteroatoms. The molecule has 0 aliphatic heterocycles. The third-order valence-electron chi connectivity index (χ3n) is 8.78. The summed E-state index contributed by atoms with van der Waals surface area (Å²) < 4.78 is 0.127. The van der Waals surface area contributed by atoms with Crippen LogP contribution in [-0.4, -0.2) is 0 Å². The SMILES string of the molecule is [Cl][Ru]([CH]1C=CC=C1)([PH](c1ccccc1)(c1ccccc1)c1ccccc1)[PH](c1ccccc1)(c1ccccc1)c1ccccc1. The molecular formula is C41H37ClP2Ru. The molecule has 7 rings (SSSR count). The van der Waals surface area contributed by atoms with E-state index in [9.17, 15) is 9.69 Å². The van der Waals surface area contributed by atoms with Crippen molar-refractivity contribution in [2.45, 2.75) is 4.51 Å². The summed E-state index contributed by atoms with van der Waals surface area (Å²) in [5.74, 6) is 0. The Labute approximate surface area is 274 Å². The van der Waals surface area contributed by atoms with Gasteiger partial charge in [-0.1, -0.05) is 0 Å². The fraction of sp³-hybridized carbons (Fsp3) is 0.0244. The monoisotopic (exact) mass is 728 g/mol. The van der Waals surface area contributed by atoms with E-state index in [1.807, 2.05) is 0 Å². The summed E-state index contributed by atoms with van der Waals surface area (Å²) in [6, 6.07) is 68.1. The van der Waals surface area contributed by atoms with E-state index >= 15 is 0 Å². The minimum absolute atomic E-state index is 0.127. The second-order valence-electron chi connectivity index (χ2n) is 11.2. The predicted octanol–water partition coefficient (Wildman–Crippen LogP) is 8.49. The molecule has 1 aliphatic carbocycles. The fourth-order valence-electron chi connectivity index (χ4n) is 7.01. The molecule has 1 aliphatic rings. The van der Waals surface area contributed by atoms with Crippen molar-refractivity contribution in [2.24, 2.45) is 0 Å². The van der Waals surface area contributed by atoms with E-state index in [2.05, 4.69) is 206 Å². The molecule has 0 bridgehead atoms. The van der Waals surface area contributed by atoms with Gasteiger partial charge in [-0.3, -0.25) is 0 Å². The van der Waals surface area contributed by atoms with Gasteiger partial charge in [-0.25, -0.2) is 0 Å². The Morgan fingerprint density at radius 1 is 0.333 bits per heavy atom. The Balaban J connectivity index is 1.79. The van der Waals surface area contributed by atoms with Crippen LogP contribution in [-0.2, 0) is 12.8 Å². The summed E-state index contributed by atoms with van der Waals surface area (Å²) in [6.45, 7) is 0. The molecule has 6 aromatic rings. The van der Waals surface area contributed by atoms with Crippen molar-refractivity contribution in [3.8, 4) is 0 Å². The Morgan fingerprint density at radius 2 is 0.533 bits per heavy atom. The second-order valence-corrected chi connectivity index (χ2v) is 42.5. The van der Waals surface area contributed by atoms with E-state index in [-0.39, 0.29) is 4.51 Å². The van der Waals surface area contributed by atoms with Gasteiger partial charge >= 0.3 is 276 Å². The average molecular weight is 728 g/mol. The number of hydrogen-bond acceptors (Lipinski definition) is 0. The van der Waals surface area contributed by atoms with E-state index in [4.69, 9.17) is 0 Å². The first-order chi connectivity index (χ1) is 22.2. The minimum atomic E-state index is -3.79. The Kier molecular flexibility index (Phi) is 8.82. The van der Waals surface area contributed by atoms with Crippen LogP contribution in [0.3, 0.4) is 0 Å². The van der Waals surface area contributed by atoms with E-state index < -0.39 is 24.0 Å². The molecule has 0 heterocycles. The van der Waals surface area contributed by atoms with E-state index in [1.165, 1.54) is 31.8 Å². The maximum absolute atomic E-state index is 9.39. The first kappa shape index (κ1) is 30.2. The molecule has 0 unspecified atom stereocenters. The van der Waals surface area contributed by atoms with Gasteiger partial charge in [0.25, 0.3) is 0 Å². The molecule has 0 radical (unpaired) electrons. The van der Waals surface area contributed by atoms with E-state index in [0.717, 1.165) is 0 Å². The van der Waals surface area contributed by atoms with Crippen molar-refractivity contribution < 1.29 is 12.8 Å². The van der Waals surface area contributed by atoms with Gasteiger partial charge in [-0.2, -0.15) is 0 Å².